The lowest BCUT2D eigenvalue weighted by Crippen LogP contribution is -2.25. The molecule has 1 N–H and O–H groups in total. The number of rotatable bonds is 7. The van der Waals surface area contributed by atoms with E-state index in [9.17, 15) is 8.42 Å². The minimum absolute atomic E-state index is 0.162. The predicted octanol–water partition coefficient (Wildman–Crippen LogP) is 1.44. The summed E-state index contributed by atoms with van der Waals surface area (Å²) in [6.07, 6.45) is 0. The highest BCUT2D eigenvalue weighted by Gasteiger charge is 2.13. The Labute approximate surface area is 109 Å². The smallest absolute Gasteiger partial charge is 0.262 e. The second kappa shape index (κ2) is 7.07. The van der Waals surface area contributed by atoms with Gasteiger partial charge in [-0.15, -0.1) is 0 Å². The van der Waals surface area contributed by atoms with Crippen LogP contribution < -0.4 is 4.89 Å². The third-order valence-corrected chi connectivity index (χ3v) is 3.82. The fraction of sp³-hybridized carbons (Fsp3) is 0.400. The highest BCUT2D eigenvalue weighted by molar-refractivity contribution is 9.08. The van der Waals surface area contributed by atoms with Crippen LogP contribution in [-0.2, 0) is 24.9 Å². The van der Waals surface area contributed by atoms with E-state index in [4.69, 9.17) is 9.57 Å². The van der Waals surface area contributed by atoms with E-state index in [0.717, 1.165) is 5.56 Å². The summed E-state index contributed by atoms with van der Waals surface area (Å²) in [6, 6.07) is 6.52. The zero-order valence-electron chi connectivity index (χ0n) is 9.35. The summed E-state index contributed by atoms with van der Waals surface area (Å²) < 4.78 is 28.1. The average molecular weight is 324 g/mol. The standard InChI is InChI=1S/C10H14BrNO4S/c1-15-6-7-16-12-17(13,14)10-4-2-9(8-11)3-5-10/h2-5,12H,6-8H2,1H3. The van der Waals surface area contributed by atoms with Crippen molar-refractivity contribution < 1.29 is 18.0 Å². The Morgan fingerprint density at radius 1 is 1.24 bits per heavy atom. The van der Waals surface area contributed by atoms with Crippen LogP contribution in [0, 0.1) is 0 Å². The van der Waals surface area contributed by atoms with Gasteiger partial charge in [0.15, 0.2) is 0 Å². The van der Waals surface area contributed by atoms with Gasteiger partial charge in [-0.3, -0.25) is 4.84 Å². The van der Waals surface area contributed by atoms with E-state index in [1.807, 2.05) is 4.89 Å². The molecule has 1 aromatic rings. The van der Waals surface area contributed by atoms with Crippen LogP contribution in [0.1, 0.15) is 5.56 Å². The number of methoxy groups -OCH3 is 1. The van der Waals surface area contributed by atoms with Crippen molar-refractivity contribution in [3.63, 3.8) is 0 Å². The molecule has 1 rings (SSSR count). The minimum atomic E-state index is -3.61. The van der Waals surface area contributed by atoms with Crippen LogP contribution in [0.4, 0.5) is 0 Å². The predicted molar refractivity (Wildman–Crippen MR) is 67.2 cm³/mol. The van der Waals surface area contributed by atoms with E-state index in [1.165, 1.54) is 19.2 Å². The van der Waals surface area contributed by atoms with Gasteiger partial charge >= 0.3 is 0 Å². The summed E-state index contributed by atoms with van der Waals surface area (Å²) in [5.74, 6) is 0. The quantitative estimate of drug-likeness (QED) is 0.468. The van der Waals surface area contributed by atoms with Gasteiger partial charge in [-0.05, 0) is 17.7 Å². The summed E-state index contributed by atoms with van der Waals surface area (Å²) in [7, 11) is -2.10. The van der Waals surface area contributed by atoms with E-state index in [-0.39, 0.29) is 11.5 Å². The van der Waals surface area contributed by atoms with E-state index < -0.39 is 10.0 Å². The van der Waals surface area contributed by atoms with Gasteiger partial charge in [-0.2, -0.15) is 0 Å². The molecule has 0 aliphatic heterocycles. The Bertz CT molecular complexity index is 432. The number of benzene rings is 1. The first-order valence-corrected chi connectivity index (χ1v) is 7.48. The van der Waals surface area contributed by atoms with E-state index in [1.54, 1.807) is 12.1 Å². The van der Waals surface area contributed by atoms with E-state index in [2.05, 4.69) is 15.9 Å². The molecule has 0 saturated carbocycles. The molecule has 17 heavy (non-hydrogen) atoms. The SMILES string of the molecule is COCCONS(=O)(=O)c1ccc(CBr)cc1. The maximum atomic E-state index is 11.7. The highest BCUT2D eigenvalue weighted by atomic mass is 79.9. The second-order valence-corrected chi connectivity index (χ2v) is 5.41. The van der Waals surface area contributed by atoms with E-state index in [0.29, 0.717) is 11.9 Å². The largest absolute Gasteiger partial charge is 0.382 e. The number of sulfonamides is 1. The molecule has 0 fully saturated rings. The first-order valence-electron chi connectivity index (χ1n) is 4.87. The van der Waals surface area contributed by atoms with Crippen LogP contribution in [0.2, 0.25) is 0 Å². The molecular weight excluding hydrogens is 310 g/mol. The molecule has 0 spiro atoms. The lowest BCUT2D eigenvalue weighted by molar-refractivity contribution is 0.0438. The van der Waals surface area contributed by atoms with Gasteiger partial charge in [0.1, 0.15) is 0 Å². The number of nitrogens with one attached hydrogen (secondary N) is 1. The molecule has 0 saturated heterocycles. The van der Waals surface area contributed by atoms with Crippen molar-refractivity contribution in [1.82, 2.24) is 4.89 Å². The van der Waals surface area contributed by atoms with Gasteiger partial charge in [0.2, 0.25) is 0 Å². The van der Waals surface area contributed by atoms with Crippen molar-refractivity contribution in [2.24, 2.45) is 0 Å². The highest BCUT2D eigenvalue weighted by Crippen LogP contribution is 2.12. The molecule has 0 amide bonds. The molecule has 0 heterocycles. The maximum absolute atomic E-state index is 11.7. The minimum Gasteiger partial charge on any atom is -0.382 e. The lowest BCUT2D eigenvalue weighted by Gasteiger charge is -2.07. The summed E-state index contributed by atoms with van der Waals surface area (Å²) in [5, 5.41) is 0.686. The summed E-state index contributed by atoms with van der Waals surface area (Å²) in [6.45, 7) is 0.486. The molecule has 5 nitrogen and oxygen atoms in total. The van der Waals surface area contributed by atoms with Gasteiger partial charge in [0, 0.05) is 12.4 Å². The molecule has 7 heteroatoms. The Morgan fingerprint density at radius 3 is 2.41 bits per heavy atom. The summed E-state index contributed by atoms with van der Waals surface area (Å²) in [5.41, 5.74) is 1.00. The first kappa shape index (κ1) is 14.6. The monoisotopic (exact) mass is 323 g/mol. The third-order valence-electron chi connectivity index (χ3n) is 1.95. The molecule has 0 unspecified atom stereocenters. The number of alkyl halides is 1. The van der Waals surface area contributed by atoms with Crippen LogP contribution in [0.3, 0.4) is 0 Å². The number of hydrogen-bond acceptors (Lipinski definition) is 4. The zero-order valence-corrected chi connectivity index (χ0v) is 11.8. The Hall–Kier alpha value is -0.470. The van der Waals surface area contributed by atoms with Gasteiger partial charge in [0.05, 0.1) is 18.1 Å². The summed E-state index contributed by atoms with van der Waals surface area (Å²) in [4.78, 5) is 6.97. The van der Waals surface area contributed by atoms with Crippen molar-refractivity contribution in [3.8, 4) is 0 Å². The van der Waals surface area contributed by atoms with Gasteiger partial charge in [0.25, 0.3) is 10.0 Å². The van der Waals surface area contributed by atoms with Gasteiger partial charge in [-0.1, -0.05) is 32.9 Å². The molecule has 0 aliphatic carbocycles. The Kier molecular flexibility index (Phi) is 6.07. The van der Waals surface area contributed by atoms with E-state index >= 15 is 0 Å². The zero-order chi connectivity index (χ0) is 12.7. The van der Waals surface area contributed by atoms with Crippen molar-refractivity contribution >= 4 is 26.0 Å². The molecule has 0 atom stereocenters. The molecule has 1 aromatic carbocycles. The number of ether oxygens (including phenoxy) is 1. The summed E-state index contributed by atoms with van der Waals surface area (Å²) >= 11 is 3.29. The molecule has 0 aromatic heterocycles. The molecule has 96 valence electrons. The third kappa shape index (κ3) is 4.72. The molecule has 0 radical (unpaired) electrons. The van der Waals surface area contributed by atoms with Gasteiger partial charge in [-0.25, -0.2) is 8.42 Å². The second-order valence-electron chi connectivity index (χ2n) is 3.21. The van der Waals surface area contributed by atoms with Crippen molar-refractivity contribution in [1.29, 1.82) is 0 Å². The maximum Gasteiger partial charge on any atom is 0.262 e. The Balaban J connectivity index is 2.62. The molecular formula is C10H14BrNO4S. The Morgan fingerprint density at radius 2 is 1.88 bits per heavy atom. The van der Waals surface area contributed by atoms with Crippen molar-refractivity contribution in [2.45, 2.75) is 10.2 Å². The first-order chi connectivity index (χ1) is 8.10. The van der Waals surface area contributed by atoms with Crippen molar-refractivity contribution in [3.05, 3.63) is 29.8 Å². The normalized spacial score (nSPS) is 11.6. The number of hydrogen-bond donors (Lipinski definition) is 1. The lowest BCUT2D eigenvalue weighted by atomic mass is 10.2. The van der Waals surface area contributed by atoms with Crippen LogP contribution >= 0.6 is 15.9 Å². The van der Waals surface area contributed by atoms with Crippen molar-refractivity contribution in [2.75, 3.05) is 20.3 Å². The fourth-order valence-corrected chi connectivity index (χ4v) is 2.25. The topological polar surface area (TPSA) is 64.6 Å². The van der Waals surface area contributed by atoms with Crippen LogP contribution in [-0.4, -0.2) is 28.7 Å². The number of halogens is 1. The van der Waals surface area contributed by atoms with Crippen LogP contribution in [0.15, 0.2) is 29.2 Å². The molecule has 0 bridgehead atoms. The van der Waals surface area contributed by atoms with Gasteiger partial charge < -0.3 is 4.74 Å². The fourth-order valence-electron chi connectivity index (χ4n) is 1.05. The average Bonchev–Trinajstić information content (AvgIpc) is 2.35. The van der Waals surface area contributed by atoms with Crippen LogP contribution in [0.5, 0.6) is 0 Å². The molecule has 0 aliphatic rings. The van der Waals surface area contributed by atoms with Crippen LogP contribution in [0.25, 0.3) is 0 Å².